The molecule has 8 aromatic rings. The molecular weight excluding hydrogens is 568 g/mol. The van der Waals surface area contributed by atoms with Crippen LogP contribution in [0.4, 0.5) is 0 Å². The van der Waals surface area contributed by atoms with Gasteiger partial charge in [0.25, 0.3) is 0 Å². The van der Waals surface area contributed by atoms with E-state index in [0.29, 0.717) is 17.6 Å². The van der Waals surface area contributed by atoms with Crippen molar-refractivity contribution in [2.45, 2.75) is 39.5 Å². The molecule has 0 aliphatic carbocycles. The predicted octanol–water partition coefficient (Wildman–Crippen LogP) is 10.8. The lowest BCUT2D eigenvalue weighted by Gasteiger charge is -2.18. The van der Waals surface area contributed by atoms with Crippen molar-refractivity contribution in [3.8, 4) is 34.0 Å². The highest BCUT2D eigenvalue weighted by Gasteiger charge is 2.20. The fourth-order valence-corrected chi connectivity index (χ4v) is 6.55. The van der Waals surface area contributed by atoms with E-state index in [9.17, 15) is 0 Å². The molecule has 0 spiro atoms. The molecule has 4 heterocycles. The molecule has 0 bridgehead atoms. The van der Waals surface area contributed by atoms with Crippen LogP contribution in [0.5, 0.6) is 11.5 Å². The largest absolute Gasteiger partial charge is 0.457 e. The summed E-state index contributed by atoms with van der Waals surface area (Å²) < 4.78 is 16.8. The fourth-order valence-electron chi connectivity index (χ4n) is 6.55. The van der Waals surface area contributed by atoms with Crippen LogP contribution in [0.25, 0.3) is 55.6 Å². The third-order valence-corrected chi connectivity index (χ3v) is 8.69. The first-order chi connectivity index (χ1) is 22.5. The summed E-state index contributed by atoms with van der Waals surface area (Å²) >= 11 is 0. The summed E-state index contributed by atoms with van der Waals surface area (Å²) in [4.78, 5) is 4.74. The van der Waals surface area contributed by atoms with E-state index < -0.39 is 0 Å². The lowest BCUT2D eigenvalue weighted by atomic mass is 9.86. The number of pyridine rings is 1. The molecule has 0 amide bonds. The van der Waals surface area contributed by atoms with Crippen molar-refractivity contribution in [1.82, 2.24) is 19.3 Å². The van der Waals surface area contributed by atoms with Gasteiger partial charge in [-0.05, 0) is 71.0 Å². The molecule has 4 aromatic carbocycles. The molecule has 0 unspecified atom stereocenters. The SMILES string of the molecule is CC(C)c1cccc(C(C)C)c1-c1cnn(-c2cccc(Oc3cccc(-n4c5ncccc5c5c6ccccc6oc54)c3)c2)c1. The van der Waals surface area contributed by atoms with Crippen molar-refractivity contribution in [2.75, 3.05) is 0 Å². The Morgan fingerprint density at radius 2 is 1.37 bits per heavy atom. The van der Waals surface area contributed by atoms with E-state index in [2.05, 4.69) is 74.9 Å². The maximum absolute atomic E-state index is 6.45. The van der Waals surface area contributed by atoms with E-state index in [0.717, 1.165) is 55.8 Å². The lowest BCUT2D eigenvalue weighted by molar-refractivity contribution is 0.482. The van der Waals surface area contributed by atoms with Gasteiger partial charge in [-0.1, -0.05) is 76.2 Å². The first-order valence-corrected chi connectivity index (χ1v) is 15.8. The molecule has 0 radical (unpaired) electrons. The van der Waals surface area contributed by atoms with Gasteiger partial charge in [-0.2, -0.15) is 5.10 Å². The van der Waals surface area contributed by atoms with Crippen molar-refractivity contribution in [3.05, 3.63) is 133 Å². The van der Waals surface area contributed by atoms with E-state index in [4.69, 9.17) is 19.2 Å². The van der Waals surface area contributed by atoms with Crippen LogP contribution < -0.4 is 4.74 Å². The number of para-hydroxylation sites is 1. The van der Waals surface area contributed by atoms with Crippen LogP contribution in [0, 0.1) is 0 Å². The normalized spacial score (nSPS) is 11.9. The standard InChI is InChI=1S/C40H34N4O2/c1-25(2)32-16-9-17-33(26(3)4)37(32)27-23-42-43(24-27)28-11-7-13-30(21-28)45-31-14-8-12-29(22-31)44-39-35(18-10-20-41-39)38-34-15-5-6-19-36(34)46-40(38)44/h5-26H,1-4H3. The average Bonchev–Trinajstić information content (AvgIpc) is 3.78. The summed E-state index contributed by atoms with van der Waals surface area (Å²) in [6.07, 6.45) is 5.91. The third kappa shape index (κ3) is 4.65. The molecule has 0 fully saturated rings. The zero-order valence-electron chi connectivity index (χ0n) is 26.3. The highest BCUT2D eigenvalue weighted by atomic mass is 16.5. The van der Waals surface area contributed by atoms with Crippen LogP contribution in [0.2, 0.25) is 0 Å². The Hall–Kier alpha value is -5.62. The Bertz CT molecular complexity index is 2350. The van der Waals surface area contributed by atoms with Crippen molar-refractivity contribution in [1.29, 1.82) is 0 Å². The van der Waals surface area contributed by atoms with E-state index in [1.807, 2.05) is 83.8 Å². The van der Waals surface area contributed by atoms with Crippen LogP contribution in [0.3, 0.4) is 0 Å². The molecule has 8 rings (SSSR count). The molecule has 4 aromatic heterocycles. The van der Waals surface area contributed by atoms with Crippen molar-refractivity contribution in [3.63, 3.8) is 0 Å². The Morgan fingerprint density at radius 3 is 2.13 bits per heavy atom. The molecule has 0 saturated carbocycles. The topological polar surface area (TPSA) is 58.0 Å². The number of aromatic nitrogens is 4. The highest BCUT2D eigenvalue weighted by molar-refractivity contribution is 6.19. The number of furan rings is 1. The van der Waals surface area contributed by atoms with Gasteiger partial charge in [0.2, 0.25) is 5.71 Å². The van der Waals surface area contributed by atoms with Gasteiger partial charge in [0, 0.05) is 40.9 Å². The molecule has 46 heavy (non-hydrogen) atoms. The van der Waals surface area contributed by atoms with Crippen LogP contribution in [-0.4, -0.2) is 19.3 Å². The maximum Gasteiger partial charge on any atom is 0.215 e. The van der Waals surface area contributed by atoms with Gasteiger partial charge in [-0.15, -0.1) is 0 Å². The molecular formula is C40H34N4O2. The minimum Gasteiger partial charge on any atom is -0.457 e. The van der Waals surface area contributed by atoms with E-state index in [1.165, 1.54) is 16.7 Å². The van der Waals surface area contributed by atoms with Crippen LogP contribution >= 0.6 is 0 Å². The number of hydrogen-bond acceptors (Lipinski definition) is 4. The van der Waals surface area contributed by atoms with Gasteiger partial charge < -0.3 is 9.15 Å². The average molecular weight is 603 g/mol. The molecule has 0 saturated heterocycles. The fraction of sp³-hybridized carbons (Fsp3) is 0.150. The molecule has 0 aliphatic rings. The van der Waals surface area contributed by atoms with E-state index in [1.54, 1.807) is 0 Å². The third-order valence-electron chi connectivity index (χ3n) is 8.69. The maximum atomic E-state index is 6.45. The Labute approximate surface area is 267 Å². The van der Waals surface area contributed by atoms with Gasteiger partial charge in [0.15, 0.2) is 0 Å². The molecule has 6 nitrogen and oxygen atoms in total. The van der Waals surface area contributed by atoms with Crippen molar-refractivity contribution >= 4 is 33.1 Å². The number of nitrogens with zero attached hydrogens (tertiary/aromatic N) is 4. The number of rotatable bonds is 7. The van der Waals surface area contributed by atoms with E-state index >= 15 is 0 Å². The zero-order chi connectivity index (χ0) is 31.4. The smallest absolute Gasteiger partial charge is 0.215 e. The molecule has 0 atom stereocenters. The molecule has 0 N–H and O–H groups in total. The number of hydrogen-bond donors (Lipinski definition) is 0. The van der Waals surface area contributed by atoms with Crippen LogP contribution in [0.1, 0.15) is 50.7 Å². The molecule has 0 aliphatic heterocycles. The van der Waals surface area contributed by atoms with Gasteiger partial charge in [-0.3, -0.25) is 4.57 Å². The predicted molar refractivity (Wildman–Crippen MR) is 186 cm³/mol. The minimum atomic E-state index is 0.410. The van der Waals surface area contributed by atoms with Crippen molar-refractivity contribution in [2.24, 2.45) is 0 Å². The second-order valence-corrected chi connectivity index (χ2v) is 12.4. The Kier molecular flexibility index (Phi) is 6.71. The lowest BCUT2D eigenvalue weighted by Crippen LogP contribution is -1.99. The summed E-state index contributed by atoms with van der Waals surface area (Å²) in [5, 5.41) is 7.97. The van der Waals surface area contributed by atoms with Gasteiger partial charge in [-0.25, -0.2) is 9.67 Å². The summed E-state index contributed by atoms with van der Waals surface area (Å²) in [6, 6.07) is 34.9. The number of fused-ring (bicyclic) bond motifs is 5. The summed E-state index contributed by atoms with van der Waals surface area (Å²) in [7, 11) is 0. The summed E-state index contributed by atoms with van der Waals surface area (Å²) in [5.41, 5.74) is 9.39. The highest BCUT2D eigenvalue weighted by Crippen LogP contribution is 2.39. The van der Waals surface area contributed by atoms with Crippen molar-refractivity contribution < 1.29 is 9.15 Å². The Balaban J connectivity index is 1.14. The first-order valence-electron chi connectivity index (χ1n) is 15.8. The summed E-state index contributed by atoms with van der Waals surface area (Å²) in [5.74, 6) is 2.26. The van der Waals surface area contributed by atoms with Gasteiger partial charge in [0.05, 0.1) is 23.0 Å². The first kappa shape index (κ1) is 27.9. The summed E-state index contributed by atoms with van der Waals surface area (Å²) in [6.45, 7) is 8.99. The molecule has 6 heteroatoms. The van der Waals surface area contributed by atoms with E-state index in [-0.39, 0.29) is 0 Å². The zero-order valence-corrected chi connectivity index (χ0v) is 26.3. The number of ether oxygens (including phenoxy) is 1. The minimum absolute atomic E-state index is 0.410. The number of benzene rings is 4. The van der Waals surface area contributed by atoms with Crippen LogP contribution in [-0.2, 0) is 0 Å². The molecule has 226 valence electrons. The van der Waals surface area contributed by atoms with Gasteiger partial charge in [0.1, 0.15) is 22.7 Å². The van der Waals surface area contributed by atoms with Gasteiger partial charge >= 0.3 is 0 Å². The van der Waals surface area contributed by atoms with Crippen LogP contribution in [0.15, 0.2) is 126 Å². The second-order valence-electron chi connectivity index (χ2n) is 12.4. The quantitative estimate of drug-likeness (QED) is 0.182. The second kappa shape index (κ2) is 11.1. The Morgan fingerprint density at radius 1 is 0.696 bits per heavy atom. The monoisotopic (exact) mass is 602 g/mol.